The highest BCUT2D eigenvalue weighted by Crippen LogP contribution is 2.04. The van der Waals surface area contributed by atoms with E-state index < -0.39 is 11.9 Å². The fourth-order valence-electron chi connectivity index (χ4n) is 1.47. The van der Waals surface area contributed by atoms with Crippen LogP contribution in [0.2, 0.25) is 0 Å². The van der Waals surface area contributed by atoms with Crippen molar-refractivity contribution in [3.63, 3.8) is 0 Å². The van der Waals surface area contributed by atoms with Crippen molar-refractivity contribution in [2.24, 2.45) is 5.73 Å². The molecular weight excluding hydrogens is 286 g/mol. The minimum absolute atomic E-state index is 0.0833. The van der Waals surface area contributed by atoms with Crippen molar-refractivity contribution >= 4 is 17.8 Å². The minimum atomic E-state index is -1.06. The summed E-state index contributed by atoms with van der Waals surface area (Å²) in [7, 11) is 0. The van der Waals surface area contributed by atoms with Gasteiger partial charge in [0.05, 0.1) is 11.1 Å². The van der Waals surface area contributed by atoms with E-state index in [1.807, 2.05) is 19.1 Å². The summed E-state index contributed by atoms with van der Waals surface area (Å²) in [5.74, 6) is -2.50. The van der Waals surface area contributed by atoms with Crippen molar-refractivity contribution in [2.75, 3.05) is 0 Å². The number of aromatic carboxylic acids is 2. The monoisotopic (exact) mass is 301 g/mol. The molecule has 0 saturated heterocycles. The number of aryl methyl sites for hydroxylation is 1. The number of hydrogen-bond acceptors (Lipinski definition) is 3. The molecule has 0 fully saturated rings. The Kier molecular flexibility index (Phi) is 5.83. The van der Waals surface area contributed by atoms with Crippen molar-refractivity contribution in [1.82, 2.24) is 0 Å². The maximum atomic E-state index is 10.5. The topological polar surface area (TPSA) is 118 Å². The molecule has 6 nitrogen and oxygen atoms in total. The van der Waals surface area contributed by atoms with Gasteiger partial charge in [-0.3, -0.25) is 4.79 Å². The third-order valence-electron chi connectivity index (χ3n) is 2.71. The number of carboxylic acids is 2. The third-order valence-corrected chi connectivity index (χ3v) is 2.71. The summed E-state index contributed by atoms with van der Waals surface area (Å²) < 4.78 is 0. The number of carboxylic acid groups (broad SMARTS) is 2. The molecule has 2 rings (SSSR count). The highest BCUT2D eigenvalue weighted by molar-refractivity contribution is 5.92. The van der Waals surface area contributed by atoms with Crippen molar-refractivity contribution in [1.29, 1.82) is 0 Å². The van der Waals surface area contributed by atoms with Crippen LogP contribution in [0.3, 0.4) is 0 Å². The van der Waals surface area contributed by atoms with Gasteiger partial charge in [-0.15, -0.1) is 0 Å². The average molecular weight is 301 g/mol. The maximum Gasteiger partial charge on any atom is 0.335 e. The predicted molar refractivity (Wildman–Crippen MR) is 80.1 cm³/mol. The van der Waals surface area contributed by atoms with E-state index >= 15 is 0 Å². The lowest BCUT2D eigenvalue weighted by Crippen LogP contribution is -2.10. The summed E-state index contributed by atoms with van der Waals surface area (Å²) in [4.78, 5) is 31.2. The van der Waals surface area contributed by atoms with Crippen LogP contribution in [-0.4, -0.2) is 28.1 Å². The lowest BCUT2D eigenvalue weighted by molar-refractivity contribution is 0.0681. The number of benzene rings is 2. The SMILES string of the molecule is Cc1ccc(C(N)=O)cc1.O=C(O)c1ccc(C(=O)O)cc1. The first kappa shape index (κ1) is 16.9. The Labute approximate surface area is 126 Å². The summed E-state index contributed by atoms with van der Waals surface area (Å²) >= 11 is 0. The molecule has 2 aromatic rings. The average Bonchev–Trinajstić information content (AvgIpc) is 2.48. The molecule has 114 valence electrons. The van der Waals surface area contributed by atoms with Crippen LogP contribution in [-0.2, 0) is 0 Å². The van der Waals surface area contributed by atoms with E-state index in [1.54, 1.807) is 12.1 Å². The predicted octanol–water partition coefficient (Wildman–Crippen LogP) is 2.18. The first-order valence-corrected chi connectivity index (χ1v) is 6.24. The Morgan fingerprint density at radius 1 is 0.727 bits per heavy atom. The molecule has 0 aromatic heterocycles. The molecule has 0 spiro atoms. The first-order chi connectivity index (χ1) is 10.3. The Hall–Kier alpha value is -3.15. The zero-order chi connectivity index (χ0) is 16.7. The molecule has 0 unspecified atom stereocenters. The Balaban J connectivity index is 0.000000224. The number of carbonyl (C=O) groups is 3. The van der Waals surface area contributed by atoms with Crippen LogP contribution in [0.15, 0.2) is 48.5 Å². The summed E-state index contributed by atoms with van der Waals surface area (Å²) in [6.07, 6.45) is 0. The summed E-state index contributed by atoms with van der Waals surface area (Å²) in [5.41, 5.74) is 6.88. The van der Waals surface area contributed by atoms with Gasteiger partial charge in [-0.25, -0.2) is 9.59 Å². The van der Waals surface area contributed by atoms with Gasteiger partial charge in [-0.1, -0.05) is 17.7 Å². The van der Waals surface area contributed by atoms with Crippen molar-refractivity contribution in [3.8, 4) is 0 Å². The number of nitrogens with two attached hydrogens (primary N) is 1. The number of hydrogen-bond donors (Lipinski definition) is 3. The highest BCUT2D eigenvalue weighted by atomic mass is 16.4. The molecule has 0 bridgehead atoms. The number of amides is 1. The third kappa shape index (κ3) is 5.09. The molecule has 0 atom stereocenters. The zero-order valence-electron chi connectivity index (χ0n) is 11.8. The van der Waals surface area contributed by atoms with Crippen LogP contribution < -0.4 is 5.73 Å². The molecule has 0 saturated carbocycles. The fourth-order valence-corrected chi connectivity index (χ4v) is 1.47. The minimum Gasteiger partial charge on any atom is -0.478 e. The van der Waals surface area contributed by atoms with E-state index in [1.165, 1.54) is 24.3 Å². The standard InChI is InChI=1S/C8H9NO.C8H6O4/c1-6-2-4-7(5-3-6)8(9)10;9-7(10)5-1-2-6(4-3-5)8(11)12/h2-5H,1H3,(H2,9,10);1-4H,(H,9,10)(H,11,12). The molecule has 6 heteroatoms. The summed E-state index contributed by atoms with van der Waals surface area (Å²) in [6, 6.07) is 12.2. The first-order valence-electron chi connectivity index (χ1n) is 6.24. The maximum absolute atomic E-state index is 10.5. The van der Waals surface area contributed by atoms with Gasteiger partial charge in [0.1, 0.15) is 0 Å². The number of rotatable bonds is 3. The van der Waals surface area contributed by atoms with Crippen molar-refractivity contribution in [3.05, 3.63) is 70.8 Å². The van der Waals surface area contributed by atoms with Crippen LogP contribution in [0.4, 0.5) is 0 Å². The quantitative estimate of drug-likeness (QED) is 0.803. The van der Waals surface area contributed by atoms with Crippen LogP contribution in [0, 0.1) is 6.92 Å². The van der Waals surface area contributed by atoms with Crippen LogP contribution in [0.1, 0.15) is 36.6 Å². The van der Waals surface area contributed by atoms with Gasteiger partial charge in [0.15, 0.2) is 0 Å². The fraction of sp³-hybridized carbons (Fsp3) is 0.0625. The van der Waals surface area contributed by atoms with E-state index in [9.17, 15) is 14.4 Å². The highest BCUT2D eigenvalue weighted by Gasteiger charge is 2.04. The van der Waals surface area contributed by atoms with E-state index in [2.05, 4.69) is 0 Å². The molecule has 22 heavy (non-hydrogen) atoms. The van der Waals surface area contributed by atoms with Gasteiger partial charge >= 0.3 is 11.9 Å². The molecule has 0 radical (unpaired) electrons. The van der Waals surface area contributed by atoms with Crippen molar-refractivity contribution in [2.45, 2.75) is 6.92 Å². The summed E-state index contributed by atoms with van der Waals surface area (Å²) in [5, 5.41) is 16.9. The molecule has 1 amide bonds. The molecule has 0 aliphatic heterocycles. The van der Waals surface area contributed by atoms with E-state index in [-0.39, 0.29) is 17.0 Å². The normalized spacial score (nSPS) is 9.32. The van der Waals surface area contributed by atoms with E-state index in [0.717, 1.165) is 5.56 Å². The molecular formula is C16H15NO5. The largest absolute Gasteiger partial charge is 0.478 e. The smallest absolute Gasteiger partial charge is 0.335 e. The Morgan fingerprint density at radius 2 is 1.05 bits per heavy atom. The van der Waals surface area contributed by atoms with Gasteiger partial charge in [0.25, 0.3) is 0 Å². The van der Waals surface area contributed by atoms with Gasteiger partial charge < -0.3 is 15.9 Å². The lowest BCUT2D eigenvalue weighted by Gasteiger charge is -1.94. The van der Waals surface area contributed by atoms with Gasteiger partial charge in [0, 0.05) is 5.56 Å². The van der Waals surface area contributed by atoms with Crippen molar-refractivity contribution < 1.29 is 24.6 Å². The van der Waals surface area contributed by atoms with E-state index in [0.29, 0.717) is 5.56 Å². The lowest BCUT2D eigenvalue weighted by atomic mass is 10.1. The molecule has 0 aliphatic rings. The molecule has 2 aromatic carbocycles. The molecule has 4 N–H and O–H groups in total. The molecule has 0 heterocycles. The van der Waals surface area contributed by atoms with E-state index in [4.69, 9.17) is 15.9 Å². The van der Waals surface area contributed by atoms with Gasteiger partial charge in [-0.05, 0) is 43.3 Å². The second kappa shape index (κ2) is 7.58. The Bertz CT molecular complexity index is 642. The summed E-state index contributed by atoms with van der Waals surface area (Å²) in [6.45, 7) is 1.96. The van der Waals surface area contributed by atoms with Gasteiger partial charge in [-0.2, -0.15) is 0 Å². The second-order valence-corrected chi connectivity index (χ2v) is 4.42. The zero-order valence-corrected chi connectivity index (χ0v) is 11.8. The number of primary amides is 1. The van der Waals surface area contributed by atoms with Crippen LogP contribution in [0.25, 0.3) is 0 Å². The van der Waals surface area contributed by atoms with Crippen LogP contribution in [0.5, 0.6) is 0 Å². The molecule has 0 aliphatic carbocycles. The number of carbonyl (C=O) groups excluding carboxylic acids is 1. The van der Waals surface area contributed by atoms with Gasteiger partial charge in [0.2, 0.25) is 5.91 Å². The van der Waals surface area contributed by atoms with Crippen LogP contribution >= 0.6 is 0 Å². The Morgan fingerprint density at radius 3 is 1.32 bits per heavy atom. The second-order valence-electron chi connectivity index (χ2n) is 4.42.